The molecule has 2 rings (SSSR count). The second kappa shape index (κ2) is 6.97. The van der Waals surface area contributed by atoms with Crippen LogP contribution < -0.4 is 14.4 Å². The van der Waals surface area contributed by atoms with Crippen molar-refractivity contribution in [3.63, 3.8) is 0 Å². The van der Waals surface area contributed by atoms with Gasteiger partial charge in [0.05, 0.1) is 18.5 Å². The van der Waals surface area contributed by atoms with Gasteiger partial charge >= 0.3 is 0 Å². The standard InChI is InChI=1S/C15H21ClN2O4S/c1-10(2)6-7-17-15(19)14-9-18(23(3,20)21)12-8-11(16)4-5-13(12)22-14/h4-5,8,10,14H,6-7,9H2,1-3H3,(H,17,19)/t14-/m0/s1. The maximum absolute atomic E-state index is 12.2. The number of nitrogens with one attached hydrogen (secondary N) is 1. The lowest BCUT2D eigenvalue weighted by molar-refractivity contribution is -0.127. The largest absolute Gasteiger partial charge is 0.476 e. The summed E-state index contributed by atoms with van der Waals surface area (Å²) in [6, 6.07) is 4.69. The fourth-order valence-electron chi connectivity index (χ4n) is 2.27. The van der Waals surface area contributed by atoms with Crippen molar-refractivity contribution >= 4 is 33.2 Å². The Hall–Kier alpha value is -1.47. The van der Waals surface area contributed by atoms with Crippen molar-refractivity contribution in [2.24, 2.45) is 5.92 Å². The van der Waals surface area contributed by atoms with E-state index in [1.807, 2.05) is 0 Å². The molecule has 0 fully saturated rings. The number of hydrogen-bond donors (Lipinski definition) is 1. The van der Waals surface area contributed by atoms with E-state index >= 15 is 0 Å². The molecule has 8 heteroatoms. The SMILES string of the molecule is CC(C)CCNC(=O)[C@@H]1CN(S(C)(=O)=O)c2cc(Cl)ccc2O1. The van der Waals surface area contributed by atoms with Crippen LogP contribution in [0.5, 0.6) is 5.75 Å². The lowest BCUT2D eigenvalue weighted by Gasteiger charge is -2.34. The molecular weight excluding hydrogens is 340 g/mol. The number of sulfonamides is 1. The lowest BCUT2D eigenvalue weighted by Crippen LogP contribution is -2.50. The number of amides is 1. The second-order valence-corrected chi connectivity index (χ2v) is 8.33. The highest BCUT2D eigenvalue weighted by Gasteiger charge is 2.35. The van der Waals surface area contributed by atoms with Gasteiger partial charge in [-0.2, -0.15) is 0 Å². The molecule has 0 saturated heterocycles. The number of halogens is 1. The normalized spacial score (nSPS) is 17.6. The smallest absolute Gasteiger partial charge is 0.263 e. The van der Waals surface area contributed by atoms with Crippen molar-refractivity contribution in [3.8, 4) is 5.75 Å². The van der Waals surface area contributed by atoms with Gasteiger partial charge in [0.15, 0.2) is 6.10 Å². The summed E-state index contributed by atoms with van der Waals surface area (Å²) in [6.45, 7) is 4.59. The third-order valence-electron chi connectivity index (χ3n) is 3.50. The van der Waals surface area contributed by atoms with Crippen molar-refractivity contribution in [1.82, 2.24) is 5.32 Å². The molecule has 1 atom stereocenters. The van der Waals surface area contributed by atoms with Crippen LogP contribution in [0.25, 0.3) is 0 Å². The molecule has 0 bridgehead atoms. The number of anilines is 1. The molecule has 1 aromatic carbocycles. The van der Waals surface area contributed by atoms with Crippen LogP contribution in [-0.2, 0) is 14.8 Å². The topological polar surface area (TPSA) is 75.7 Å². The van der Waals surface area contributed by atoms with E-state index in [1.54, 1.807) is 12.1 Å². The lowest BCUT2D eigenvalue weighted by atomic mass is 10.1. The summed E-state index contributed by atoms with van der Waals surface area (Å²) in [6.07, 6.45) is 1.06. The van der Waals surface area contributed by atoms with E-state index in [4.69, 9.17) is 16.3 Å². The Morgan fingerprint density at radius 3 is 2.78 bits per heavy atom. The number of ether oxygens (including phenoxy) is 1. The van der Waals surface area contributed by atoms with Crippen LogP contribution in [0.15, 0.2) is 18.2 Å². The summed E-state index contributed by atoms with van der Waals surface area (Å²) in [4.78, 5) is 12.2. The second-order valence-electron chi connectivity index (χ2n) is 5.99. The van der Waals surface area contributed by atoms with E-state index in [-0.39, 0.29) is 12.5 Å². The van der Waals surface area contributed by atoms with Crippen molar-refractivity contribution in [2.75, 3.05) is 23.7 Å². The van der Waals surface area contributed by atoms with E-state index < -0.39 is 16.1 Å². The van der Waals surface area contributed by atoms with Crippen LogP contribution in [0, 0.1) is 5.92 Å². The van der Waals surface area contributed by atoms with Crippen LogP contribution in [0.3, 0.4) is 0 Å². The first-order chi connectivity index (χ1) is 10.7. The van der Waals surface area contributed by atoms with Gasteiger partial charge in [0.2, 0.25) is 10.0 Å². The average molecular weight is 361 g/mol. The first-order valence-electron chi connectivity index (χ1n) is 7.40. The molecule has 0 aromatic heterocycles. The van der Waals surface area contributed by atoms with Crippen molar-refractivity contribution < 1.29 is 17.9 Å². The molecule has 0 spiro atoms. The monoisotopic (exact) mass is 360 g/mol. The predicted octanol–water partition coefficient (Wildman–Crippen LogP) is 2.03. The maximum Gasteiger partial charge on any atom is 0.263 e. The Morgan fingerprint density at radius 1 is 1.48 bits per heavy atom. The Morgan fingerprint density at radius 2 is 2.17 bits per heavy atom. The summed E-state index contributed by atoms with van der Waals surface area (Å²) >= 11 is 5.93. The number of carbonyl (C=O) groups is 1. The van der Waals surface area contributed by atoms with Gasteiger partial charge in [0, 0.05) is 11.6 Å². The van der Waals surface area contributed by atoms with Gasteiger partial charge in [-0.25, -0.2) is 8.42 Å². The summed E-state index contributed by atoms with van der Waals surface area (Å²) in [5, 5.41) is 3.19. The van der Waals surface area contributed by atoms with Gasteiger partial charge in [-0.1, -0.05) is 25.4 Å². The number of hydrogen-bond acceptors (Lipinski definition) is 4. The Labute approximate surface area is 141 Å². The zero-order valence-electron chi connectivity index (χ0n) is 13.4. The molecule has 1 amide bonds. The average Bonchev–Trinajstić information content (AvgIpc) is 2.44. The third-order valence-corrected chi connectivity index (χ3v) is 4.89. The predicted molar refractivity (Wildman–Crippen MR) is 90.5 cm³/mol. The quantitative estimate of drug-likeness (QED) is 0.871. The van der Waals surface area contributed by atoms with Gasteiger partial charge in [0.25, 0.3) is 5.91 Å². The van der Waals surface area contributed by atoms with E-state index in [0.717, 1.165) is 17.0 Å². The molecular formula is C15H21ClN2O4S. The Balaban J connectivity index is 2.20. The molecule has 0 saturated carbocycles. The Kier molecular flexibility index (Phi) is 5.41. The third kappa shape index (κ3) is 4.51. The van der Waals surface area contributed by atoms with Gasteiger partial charge in [-0.15, -0.1) is 0 Å². The minimum absolute atomic E-state index is 0.0698. The fourth-order valence-corrected chi connectivity index (χ4v) is 3.35. The number of fused-ring (bicyclic) bond motifs is 1. The molecule has 1 aliphatic heterocycles. The minimum Gasteiger partial charge on any atom is -0.476 e. The first-order valence-corrected chi connectivity index (χ1v) is 9.62. The minimum atomic E-state index is -3.54. The molecule has 6 nitrogen and oxygen atoms in total. The zero-order valence-corrected chi connectivity index (χ0v) is 14.9. The van der Waals surface area contributed by atoms with Crippen molar-refractivity contribution in [2.45, 2.75) is 26.4 Å². The van der Waals surface area contributed by atoms with Crippen LogP contribution in [0.4, 0.5) is 5.69 Å². The molecule has 1 aliphatic rings. The van der Waals surface area contributed by atoms with Crippen molar-refractivity contribution in [1.29, 1.82) is 0 Å². The van der Waals surface area contributed by atoms with E-state index in [1.165, 1.54) is 6.07 Å². The number of nitrogens with zero attached hydrogens (tertiary/aromatic N) is 1. The van der Waals surface area contributed by atoms with Gasteiger partial charge in [-0.05, 0) is 30.5 Å². The highest BCUT2D eigenvalue weighted by molar-refractivity contribution is 7.92. The van der Waals surface area contributed by atoms with Crippen LogP contribution >= 0.6 is 11.6 Å². The van der Waals surface area contributed by atoms with Crippen molar-refractivity contribution in [3.05, 3.63) is 23.2 Å². The number of benzene rings is 1. The molecule has 23 heavy (non-hydrogen) atoms. The van der Waals surface area contributed by atoms with Gasteiger partial charge in [-0.3, -0.25) is 9.10 Å². The summed E-state index contributed by atoms with van der Waals surface area (Å²) in [7, 11) is -3.54. The number of carbonyl (C=O) groups excluding carboxylic acids is 1. The van der Waals surface area contributed by atoms with Crippen LogP contribution in [-0.4, -0.2) is 39.8 Å². The summed E-state index contributed by atoms with van der Waals surface area (Å²) in [5.41, 5.74) is 0.353. The first kappa shape index (κ1) is 17.9. The zero-order chi connectivity index (χ0) is 17.2. The van der Waals surface area contributed by atoms with E-state index in [0.29, 0.717) is 28.9 Å². The van der Waals surface area contributed by atoms with Crippen LogP contribution in [0.1, 0.15) is 20.3 Å². The molecule has 1 aromatic rings. The fraction of sp³-hybridized carbons (Fsp3) is 0.533. The van der Waals surface area contributed by atoms with Crippen LogP contribution in [0.2, 0.25) is 5.02 Å². The Bertz CT molecular complexity index is 691. The molecule has 1 N–H and O–H groups in total. The van der Waals surface area contributed by atoms with E-state index in [2.05, 4.69) is 19.2 Å². The van der Waals surface area contributed by atoms with E-state index in [9.17, 15) is 13.2 Å². The summed E-state index contributed by atoms with van der Waals surface area (Å²) in [5.74, 6) is 0.480. The maximum atomic E-state index is 12.2. The van der Waals surface area contributed by atoms with Gasteiger partial charge < -0.3 is 10.1 Å². The highest BCUT2D eigenvalue weighted by atomic mass is 35.5. The number of rotatable bonds is 5. The highest BCUT2D eigenvalue weighted by Crippen LogP contribution is 2.37. The summed E-state index contributed by atoms with van der Waals surface area (Å²) < 4.78 is 30.9. The molecule has 0 radical (unpaired) electrons. The molecule has 128 valence electrons. The molecule has 0 aliphatic carbocycles. The molecule has 1 heterocycles. The molecule has 0 unspecified atom stereocenters. The van der Waals surface area contributed by atoms with Gasteiger partial charge in [0.1, 0.15) is 5.75 Å².